The SMILES string of the molecule is CC1(C)CCC2CC(C)(C)C(=O)C2C1=O. The highest BCUT2D eigenvalue weighted by Gasteiger charge is 2.55. The lowest BCUT2D eigenvalue weighted by molar-refractivity contribution is -0.142. The van der Waals surface area contributed by atoms with E-state index in [0.717, 1.165) is 19.3 Å². The summed E-state index contributed by atoms with van der Waals surface area (Å²) in [7, 11) is 0. The molecule has 0 radical (unpaired) electrons. The second-order valence-electron chi connectivity index (χ2n) is 6.48. The molecule has 0 bridgehead atoms. The third kappa shape index (κ3) is 1.45. The van der Waals surface area contributed by atoms with Gasteiger partial charge in [-0.05, 0) is 25.2 Å². The van der Waals surface area contributed by atoms with Crippen molar-refractivity contribution in [1.82, 2.24) is 0 Å². The van der Waals surface area contributed by atoms with Gasteiger partial charge in [0.05, 0.1) is 5.92 Å². The van der Waals surface area contributed by atoms with Crippen molar-refractivity contribution in [3.05, 3.63) is 0 Å². The van der Waals surface area contributed by atoms with Crippen LogP contribution in [0.4, 0.5) is 0 Å². The van der Waals surface area contributed by atoms with Crippen molar-refractivity contribution in [1.29, 1.82) is 0 Å². The fraction of sp³-hybridized carbons (Fsp3) is 0.846. The Labute approximate surface area is 91.4 Å². The molecule has 2 aliphatic carbocycles. The molecule has 2 nitrogen and oxygen atoms in total. The molecule has 2 heteroatoms. The van der Waals surface area contributed by atoms with Crippen molar-refractivity contribution in [3.8, 4) is 0 Å². The minimum absolute atomic E-state index is 0.185. The molecule has 0 heterocycles. The van der Waals surface area contributed by atoms with E-state index in [0.29, 0.717) is 5.92 Å². The molecule has 0 N–H and O–H groups in total. The second-order valence-corrected chi connectivity index (χ2v) is 6.48. The van der Waals surface area contributed by atoms with Crippen LogP contribution in [0.3, 0.4) is 0 Å². The van der Waals surface area contributed by atoms with Gasteiger partial charge in [-0.25, -0.2) is 0 Å². The van der Waals surface area contributed by atoms with Gasteiger partial charge in [-0.15, -0.1) is 0 Å². The van der Waals surface area contributed by atoms with Crippen molar-refractivity contribution in [2.45, 2.75) is 47.0 Å². The van der Waals surface area contributed by atoms with Crippen LogP contribution in [0.15, 0.2) is 0 Å². The number of rotatable bonds is 0. The highest BCUT2D eigenvalue weighted by atomic mass is 16.2. The van der Waals surface area contributed by atoms with Gasteiger partial charge in [0.15, 0.2) is 0 Å². The molecule has 84 valence electrons. The van der Waals surface area contributed by atoms with Gasteiger partial charge in [-0.3, -0.25) is 9.59 Å². The summed E-state index contributed by atoms with van der Waals surface area (Å²) in [5.74, 6) is 0.413. The molecule has 2 unspecified atom stereocenters. The zero-order valence-electron chi connectivity index (χ0n) is 10.1. The Morgan fingerprint density at radius 1 is 1.00 bits per heavy atom. The van der Waals surface area contributed by atoms with Gasteiger partial charge in [-0.2, -0.15) is 0 Å². The molecule has 0 aliphatic heterocycles. The maximum atomic E-state index is 12.2. The number of hydrogen-bond acceptors (Lipinski definition) is 2. The number of carbonyl (C=O) groups excluding carboxylic acids is 2. The summed E-state index contributed by atoms with van der Waals surface area (Å²) >= 11 is 0. The van der Waals surface area contributed by atoms with E-state index >= 15 is 0 Å². The van der Waals surface area contributed by atoms with E-state index in [4.69, 9.17) is 0 Å². The first-order valence-electron chi connectivity index (χ1n) is 5.84. The van der Waals surface area contributed by atoms with E-state index in [1.165, 1.54) is 0 Å². The summed E-state index contributed by atoms with van der Waals surface area (Å²) in [5.41, 5.74) is -0.553. The van der Waals surface area contributed by atoms with Crippen LogP contribution in [-0.4, -0.2) is 11.6 Å². The molecular formula is C13H20O2. The molecule has 2 saturated carbocycles. The van der Waals surface area contributed by atoms with Crippen molar-refractivity contribution in [2.24, 2.45) is 22.7 Å². The van der Waals surface area contributed by atoms with Gasteiger partial charge in [-0.1, -0.05) is 27.7 Å². The molecule has 0 aromatic carbocycles. The number of hydrogen-bond donors (Lipinski definition) is 0. The molecular weight excluding hydrogens is 188 g/mol. The predicted octanol–water partition coefficient (Wildman–Crippen LogP) is 2.61. The summed E-state index contributed by atoms with van der Waals surface area (Å²) in [6.45, 7) is 7.91. The van der Waals surface area contributed by atoms with Crippen molar-refractivity contribution in [3.63, 3.8) is 0 Å². The Balaban J connectivity index is 2.34. The van der Waals surface area contributed by atoms with E-state index in [1.807, 2.05) is 27.7 Å². The summed E-state index contributed by atoms with van der Waals surface area (Å²) in [5, 5.41) is 0. The van der Waals surface area contributed by atoms with E-state index < -0.39 is 0 Å². The standard InChI is InChI=1S/C13H20O2/c1-12(2)6-5-8-7-13(3,4)11(15)9(8)10(12)14/h8-9H,5-7H2,1-4H3. The summed E-state index contributed by atoms with van der Waals surface area (Å²) in [6.07, 6.45) is 2.88. The van der Waals surface area contributed by atoms with Crippen LogP contribution in [0.5, 0.6) is 0 Å². The molecule has 2 fully saturated rings. The van der Waals surface area contributed by atoms with Gasteiger partial charge in [0.25, 0.3) is 0 Å². The summed E-state index contributed by atoms with van der Waals surface area (Å²) < 4.78 is 0. The van der Waals surface area contributed by atoms with Crippen molar-refractivity contribution >= 4 is 11.6 Å². The normalized spacial score (nSPS) is 37.9. The van der Waals surface area contributed by atoms with E-state index in [9.17, 15) is 9.59 Å². The number of fused-ring (bicyclic) bond motifs is 1. The Kier molecular flexibility index (Phi) is 2.12. The number of Topliss-reactive ketones (excluding diaryl/α,β-unsaturated/α-hetero) is 2. The van der Waals surface area contributed by atoms with Crippen LogP contribution in [0, 0.1) is 22.7 Å². The molecule has 0 amide bonds. The molecule has 2 aliphatic rings. The molecule has 0 saturated heterocycles. The summed E-state index contributed by atoms with van der Waals surface area (Å²) in [4.78, 5) is 24.3. The maximum absolute atomic E-state index is 12.2. The molecule has 0 spiro atoms. The quantitative estimate of drug-likeness (QED) is 0.573. The van der Waals surface area contributed by atoms with Crippen LogP contribution in [-0.2, 0) is 9.59 Å². The van der Waals surface area contributed by atoms with Crippen LogP contribution < -0.4 is 0 Å². The zero-order valence-corrected chi connectivity index (χ0v) is 10.1. The summed E-state index contributed by atoms with van der Waals surface area (Å²) in [6, 6.07) is 0. The van der Waals surface area contributed by atoms with Crippen LogP contribution in [0.1, 0.15) is 47.0 Å². The van der Waals surface area contributed by atoms with Crippen LogP contribution in [0.25, 0.3) is 0 Å². The molecule has 2 atom stereocenters. The average Bonchev–Trinajstić information content (AvgIpc) is 2.33. The highest BCUT2D eigenvalue weighted by Crippen LogP contribution is 2.51. The topological polar surface area (TPSA) is 34.1 Å². The lowest BCUT2D eigenvalue weighted by Crippen LogP contribution is -2.41. The van der Waals surface area contributed by atoms with Crippen LogP contribution >= 0.6 is 0 Å². The first-order valence-corrected chi connectivity index (χ1v) is 5.84. The first-order chi connectivity index (χ1) is 6.76. The maximum Gasteiger partial charge on any atom is 0.149 e. The smallest absolute Gasteiger partial charge is 0.149 e. The fourth-order valence-electron chi connectivity index (χ4n) is 3.20. The first kappa shape index (κ1) is 10.8. The Hall–Kier alpha value is -0.660. The van der Waals surface area contributed by atoms with Gasteiger partial charge < -0.3 is 0 Å². The van der Waals surface area contributed by atoms with Gasteiger partial charge >= 0.3 is 0 Å². The van der Waals surface area contributed by atoms with E-state index in [-0.39, 0.29) is 28.3 Å². The van der Waals surface area contributed by atoms with Gasteiger partial charge in [0.1, 0.15) is 11.6 Å². The van der Waals surface area contributed by atoms with Crippen LogP contribution in [0.2, 0.25) is 0 Å². The van der Waals surface area contributed by atoms with Gasteiger partial charge in [0, 0.05) is 10.8 Å². The Morgan fingerprint density at radius 2 is 1.53 bits per heavy atom. The van der Waals surface area contributed by atoms with Crippen molar-refractivity contribution in [2.75, 3.05) is 0 Å². The monoisotopic (exact) mass is 208 g/mol. The lowest BCUT2D eigenvalue weighted by Gasteiger charge is -2.34. The minimum atomic E-state index is -0.288. The average molecular weight is 208 g/mol. The lowest BCUT2D eigenvalue weighted by atomic mass is 9.67. The minimum Gasteiger partial charge on any atom is -0.298 e. The molecule has 0 aromatic rings. The van der Waals surface area contributed by atoms with E-state index in [1.54, 1.807) is 0 Å². The van der Waals surface area contributed by atoms with Gasteiger partial charge in [0.2, 0.25) is 0 Å². The number of carbonyl (C=O) groups is 2. The fourth-order valence-corrected chi connectivity index (χ4v) is 3.20. The highest BCUT2D eigenvalue weighted by molar-refractivity contribution is 6.08. The molecule has 15 heavy (non-hydrogen) atoms. The second kappa shape index (κ2) is 2.93. The predicted molar refractivity (Wildman–Crippen MR) is 58.4 cm³/mol. The third-order valence-corrected chi connectivity index (χ3v) is 4.28. The Bertz CT molecular complexity index is 323. The third-order valence-electron chi connectivity index (χ3n) is 4.28. The van der Waals surface area contributed by atoms with E-state index in [2.05, 4.69) is 0 Å². The molecule has 2 rings (SSSR count). The zero-order chi connectivity index (χ0) is 11.4. The molecule has 0 aromatic heterocycles. The Morgan fingerprint density at radius 3 is 2.13 bits per heavy atom. The largest absolute Gasteiger partial charge is 0.298 e. The number of ketones is 2. The van der Waals surface area contributed by atoms with Crippen molar-refractivity contribution < 1.29 is 9.59 Å².